The van der Waals surface area contributed by atoms with Crippen molar-refractivity contribution in [3.8, 4) is 0 Å². The lowest BCUT2D eigenvalue weighted by Crippen LogP contribution is -2.54. The third-order valence-electron chi connectivity index (χ3n) is 7.66. The van der Waals surface area contributed by atoms with Crippen molar-refractivity contribution in [2.45, 2.75) is 58.1 Å². The number of ether oxygens (including phenoxy) is 4. The van der Waals surface area contributed by atoms with Gasteiger partial charge in [-0.1, -0.05) is 109 Å². The molecule has 0 radical (unpaired) electrons. The Hall–Kier alpha value is -4.40. The van der Waals surface area contributed by atoms with Crippen LogP contribution >= 0.6 is 0 Å². The van der Waals surface area contributed by atoms with Crippen LogP contribution in [0.5, 0.6) is 0 Å². The first-order valence-electron chi connectivity index (χ1n) is 14.4. The second kappa shape index (κ2) is 14.7. The van der Waals surface area contributed by atoms with Crippen LogP contribution in [0.25, 0.3) is 21.2 Å². The average Bonchev–Trinajstić information content (AvgIpc) is 3.04. The molecule has 0 aliphatic carbocycles. The zero-order valence-corrected chi connectivity index (χ0v) is 24.4. The largest absolute Gasteiger partial charge is 0.444 e. The van der Waals surface area contributed by atoms with Crippen LogP contribution in [0.4, 0.5) is 4.79 Å². The van der Waals surface area contributed by atoms with E-state index < -0.39 is 18.4 Å². The third-order valence-corrected chi connectivity index (χ3v) is 7.66. The van der Waals surface area contributed by atoms with Gasteiger partial charge in [0, 0.05) is 4.91 Å². The van der Waals surface area contributed by atoms with E-state index in [9.17, 15) is 10.3 Å². The van der Waals surface area contributed by atoms with E-state index in [1.165, 1.54) is 10.3 Å². The summed E-state index contributed by atoms with van der Waals surface area (Å²) >= 11 is 0. The normalized spacial score (nSPS) is 21.6. The molecule has 0 spiro atoms. The molecule has 222 valence electrons. The second-order valence-corrected chi connectivity index (χ2v) is 10.7. The molecule has 0 saturated carbocycles. The fraction of sp³-hybridized carbons (Fsp3) is 0.324. The summed E-state index contributed by atoms with van der Waals surface area (Å²) in [5.41, 5.74) is 12.2. The molecule has 0 aromatic heterocycles. The van der Waals surface area contributed by atoms with E-state index in [0.29, 0.717) is 6.61 Å². The van der Waals surface area contributed by atoms with Crippen molar-refractivity contribution in [3.63, 3.8) is 0 Å². The van der Waals surface area contributed by atoms with Gasteiger partial charge in [-0.05, 0) is 51.9 Å². The van der Waals surface area contributed by atoms with E-state index >= 15 is 0 Å². The van der Waals surface area contributed by atoms with Gasteiger partial charge in [0.05, 0.1) is 31.4 Å². The number of carbonyl (C=O) groups is 1. The topological polar surface area (TPSA) is 106 Å². The van der Waals surface area contributed by atoms with Gasteiger partial charge in [-0.25, -0.2) is 4.79 Å². The van der Waals surface area contributed by atoms with E-state index in [1.807, 2.05) is 86.6 Å². The highest BCUT2D eigenvalue weighted by Gasteiger charge is 2.43. The molecule has 9 nitrogen and oxygen atoms in total. The van der Waals surface area contributed by atoms with Gasteiger partial charge >= 0.3 is 6.09 Å². The minimum Gasteiger partial charge on any atom is -0.444 e. The Kier molecular flexibility index (Phi) is 10.3. The lowest BCUT2D eigenvalue weighted by atomic mass is 9.89. The fourth-order valence-corrected chi connectivity index (χ4v) is 5.35. The number of fused-ring (bicyclic) bond motifs is 1. The first-order valence-corrected chi connectivity index (χ1v) is 14.4. The van der Waals surface area contributed by atoms with Crippen molar-refractivity contribution in [1.82, 2.24) is 4.90 Å². The summed E-state index contributed by atoms with van der Waals surface area (Å²) in [5.74, 6) is -0.210. The summed E-state index contributed by atoms with van der Waals surface area (Å²) in [7, 11) is 0. The first kappa shape index (κ1) is 30.1. The van der Waals surface area contributed by atoms with Crippen LogP contribution in [-0.4, -0.2) is 42.3 Å². The zero-order valence-electron chi connectivity index (χ0n) is 24.4. The standard InChI is InChI=1S/C34H36N4O5/c1-24-31(36-37-35)33(43-25(2)32(24)40-22-28-17-18-29-15-9-10-16-30(29)19-28)42-23-38(20-26-11-5-3-6-12-26)34(39)41-21-27-13-7-4-8-14-27/h3-19,24-25,31-33H,20-23H2,1-2H3/t24-,25?,31?,32-,33-/m1/s1. The summed E-state index contributed by atoms with van der Waals surface area (Å²) in [4.78, 5) is 17.7. The lowest BCUT2D eigenvalue weighted by Gasteiger charge is -2.43. The highest BCUT2D eigenvalue weighted by molar-refractivity contribution is 5.82. The number of hydrogen-bond donors (Lipinski definition) is 0. The smallest absolute Gasteiger partial charge is 0.412 e. The predicted molar refractivity (Wildman–Crippen MR) is 164 cm³/mol. The van der Waals surface area contributed by atoms with Gasteiger partial charge < -0.3 is 18.9 Å². The molecule has 1 heterocycles. The van der Waals surface area contributed by atoms with Crippen molar-refractivity contribution in [1.29, 1.82) is 0 Å². The van der Waals surface area contributed by atoms with Crippen LogP contribution in [0.2, 0.25) is 0 Å². The summed E-state index contributed by atoms with van der Waals surface area (Å²) < 4.78 is 24.3. The molecule has 5 rings (SSSR count). The number of amides is 1. The van der Waals surface area contributed by atoms with Crippen molar-refractivity contribution in [2.75, 3.05) is 6.73 Å². The molecule has 1 aliphatic rings. The Bertz CT molecular complexity index is 1530. The molecule has 4 aromatic carbocycles. The molecule has 9 heteroatoms. The SMILES string of the molecule is CC1O[C@@H](OCN(Cc2ccccc2)C(=O)OCc2ccccc2)C(N=[N+]=[N-])[C@@H](C)[C@H]1OCc1ccc2ccccc2c1. The number of rotatable bonds is 11. The molecule has 1 saturated heterocycles. The molecule has 0 bridgehead atoms. The van der Waals surface area contributed by atoms with Crippen molar-refractivity contribution >= 4 is 16.9 Å². The van der Waals surface area contributed by atoms with Crippen molar-refractivity contribution in [3.05, 3.63) is 130 Å². The Morgan fingerprint density at radius 1 is 0.837 bits per heavy atom. The van der Waals surface area contributed by atoms with Crippen LogP contribution in [0, 0.1) is 5.92 Å². The average molecular weight is 581 g/mol. The molecular formula is C34H36N4O5. The van der Waals surface area contributed by atoms with Crippen LogP contribution in [0.15, 0.2) is 108 Å². The van der Waals surface area contributed by atoms with Gasteiger partial charge in [-0.15, -0.1) is 0 Å². The van der Waals surface area contributed by atoms with Crippen LogP contribution < -0.4 is 0 Å². The lowest BCUT2D eigenvalue weighted by molar-refractivity contribution is -0.259. The maximum Gasteiger partial charge on any atom is 0.412 e. The van der Waals surface area contributed by atoms with E-state index in [0.717, 1.165) is 22.1 Å². The van der Waals surface area contributed by atoms with Crippen LogP contribution in [0.3, 0.4) is 0 Å². The first-order chi connectivity index (χ1) is 21.0. The van der Waals surface area contributed by atoms with E-state index in [2.05, 4.69) is 40.4 Å². The monoisotopic (exact) mass is 580 g/mol. The molecule has 4 aromatic rings. The van der Waals surface area contributed by atoms with Crippen molar-refractivity contribution < 1.29 is 23.7 Å². The number of hydrogen-bond acceptors (Lipinski definition) is 6. The fourth-order valence-electron chi connectivity index (χ4n) is 5.35. The minimum absolute atomic E-state index is 0.118. The second-order valence-electron chi connectivity index (χ2n) is 10.7. The van der Waals surface area contributed by atoms with E-state index in [1.54, 1.807) is 0 Å². The maximum atomic E-state index is 13.2. The molecule has 5 atom stereocenters. The molecule has 2 unspecified atom stereocenters. The van der Waals surface area contributed by atoms with Gasteiger partial charge in [0.25, 0.3) is 0 Å². The Morgan fingerprint density at radius 3 is 2.23 bits per heavy atom. The molecule has 1 fully saturated rings. The number of carbonyl (C=O) groups excluding carboxylic acids is 1. The molecular weight excluding hydrogens is 544 g/mol. The van der Waals surface area contributed by atoms with Gasteiger partial charge in [0.1, 0.15) is 13.3 Å². The molecule has 0 N–H and O–H groups in total. The van der Waals surface area contributed by atoms with E-state index in [4.69, 9.17) is 18.9 Å². The predicted octanol–water partition coefficient (Wildman–Crippen LogP) is 7.60. The van der Waals surface area contributed by atoms with E-state index in [-0.39, 0.29) is 38.0 Å². The highest BCUT2D eigenvalue weighted by Crippen LogP contribution is 2.32. The van der Waals surface area contributed by atoms with Gasteiger partial charge in [0.15, 0.2) is 6.29 Å². The Balaban J connectivity index is 1.24. The van der Waals surface area contributed by atoms with Gasteiger partial charge in [-0.2, -0.15) is 0 Å². The van der Waals surface area contributed by atoms with Gasteiger partial charge in [-0.3, -0.25) is 4.90 Å². The molecule has 43 heavy (non-hydrogen) atoms. The minimum atomic E-state index is -0.874. The van der Waals surface area contributed by atoms with Crippen LogP contribution in [0.1, 0.15) is 30.5 Å². The van der Waals surface area contributed by atoms with Gasteiger partial charge in [0.2, 0.25) is 0 Å². The Labute approximate surface area is 251 Å². The Morgan fingerprint density at radius 2 is 1.51 bits per heavy atom. The third kappa shape index (κ3) is 7.91. The van der Waals surface area contributed by atoms with Crippen LogP contribution in [-0.2, 0) is 38.7 Å². The number of benzene rings is 4. The summed E-state index contributed by atoms with van der Waals surface area (Å²) in [5, 5.41) is 6.34. The quantitative estimate of drug-likeness (QED) is 0.0786. The summed E-state index contributed by atoms with van der Waals surface area (Å²) in [6.07, 6.45) is -2.08. The molecule has 1 amide bonds. The highest BCUT2D eigenvalue weighted by atomic mass is 16.7. The molecule has 1 aliphatic heterocycles. The zero-order chi connectivity index (χ0) is 30.0. The summed E-state index contributed by atoms with van der Waals surface area (Å²) in [6, 6.07) is 32.9. The number of azide groups is 1. The van der Waals surface area contributed by atoms with Crippen molar-refractivity contribution in [2.24, 2.45) is 11.0 Å². The maximum absolute atomic E-state index is 13.2. The number of nitrogens with zero attached hydrogens (tertiary/aromatic N) is 4. The summed E-state index contributed by atoms with van der Waals surface area (Å²) in [6.45, 7) is 4.56.